The quantitative estimate of drug-likeness (QED) is 0.238. The van der Waals surface area contributed by atoms with Gasteiger partial charge in [0, 0.05) is 33.1 Å². The second-order valence-electron chi connectivity index (χ2n) is 8.67. The van der Waals surface area contributed by atoms with E-state index in [2.05, 4.69) is 92.5 Å². The standard InChI is InChI=1S/C28H27N3/c1-17-15-19(29)11-13-23(17)28(3,24-14-12-20(30)16-18(24)2)25-9-6-8-22-21-7-4-5-10-26(21)31-27(22)25/h4-16,31H,29-30H2,1-3H3. The lowest BCUT2D eigenvalue weighted by atomic mass is 9.68. The minimum Gasteiger partial charge on any atom is -0.399 e. The molecule has 1 heterocycles. The van der Waals surface area contributed by atoms with Crippen molar-refractivity contribution < 1.29 is 0 Å². The number of H-pyrrole nitrogens is 1. The van der Waals surface area contributed by atoms with Gasteiger partial charge in [-0.25, -0.2) is 0 Å². The third-order valence-corrected chi connectivity index (χ3v) is 6.66. The van der Waals surface area contributed by atoms with Crippen LogP contribution in [-0.4, -0.2) is 4.98 Å². The average molecular weight is 406 g/mol. The van der Waals surface area contributed by atoms with Gasteiger partial charge < -0.3 is 16.5 Å². The highest BCUT2D eigenvalue weighted by atomic mass is 14.7. The van der Waals surface area contributed by atoms with E-state index in [4.69, 9.17) is 11.5 Å². The first-order valence-corrected chi connectivity index (χ1v) is 10.6. The summed E-state index contributed by atoms with van der Waals surface area (Å²) in [6.07, 6.45) is 0. The van der Waals surface area contributed by atoms with Gasteiger partial charge in [-0.05, 0) is 78.9 Å². The molecule has 5 N–H and O–H groups in total. The molecule has 0 atom stereocenters. The van der Waals surface area contributed by atoms with Crippen molar-refractivity contribution in [2.24, 2.45) is 0 Å². The lowest BCUT2D eigenvalue weighted by Gasteiger charge is -2.35. The van der Waals surface area contributed by atoms with E-state index in [1.807, 2.05) is 12.1 Å². The van der Waals surface area contributed by atoms with Crippen LogP contribution in [-0.2, 0) is 5.41 Å². The van der Waals surface area contributed by atoms with Crippen molar-refractivity contribution >= 4 is 33.2 Å². The summed E-state index contributed by atoms with van der Waals surface area (Å²) in [6, 6.07) is 27.5. The Hall–Kier alpha value is -3.72. The molecule has 5 rings (SSSR count). The first-order valence-electron chi connectivity index (χ1n) is 10.6. The Kier molecular flexibility index (Phi) is 4.30. The van der Waals surface area contributed by atoms with E-state index in [0.29, 0.717) is 0 Å². The minimum absolute atomic E-state index is 0.393. The molecule has 0 aliphatic rings. The highest BCUT2D eigenvalue weighted by Crippen LogP contribution is 2.45. The summed E-state index contributed by atoms with van der Waals surface area (Å²) in [5.41, 5.74) is 21.8. The van der Waals surface area contributed by atoms with Crippen molar-refractivity contribution in [3.05, 3.63) is 107 Å². The predicted octanol–water partition coefficient (Wildman–Crippen LogP) is 6.46. The van der Waals surface area contributed by atoms with Gasteiger partial charge in [0.1, 0.15) is 0 Å². The van der Waals surface area contributed by atoms with Gasteiger partial charge >= 0.3 is 0 Å². The van der Waals surface area contributed by atoms with Gasteiger partial charge in [-0.3, -0.25) is 0 Å². The number of nitrogens with one attached hydrogen (secondary N) is 1. The number of aryl methyl sites for hydroxylation is 2. The summed E-state index contributed by atoms with van der Waals surface area (Å²) < 4.78 is 0. The number of nitrogens with two attached hydrogens (primary N) is 2. The van der Waals surface area contributed by atoms with Crippen LogP contribution in [0.2, 0.25) is 0 Å². The third kappa shape index (κ3) is 2.89. The second kappa shape index (κ2) is 6.92. The fourth-order valence-corrected chi connectivity index (χ4v) is 5.22. The van der Waals surface area contributed by atoms with Gasteiger partial charge in [-0.1, -0.05) is 48.5 Å². The number of rotatable bonds is 3. The van der Waals surface area contributed by atoms with Crippen molar-refractivity contribution in [2.45, 2.75) is 26.2 Å². The van der Waals surface area contributed by atoms with Crippen LogP contribution in [0.15, 0.2) is 78.9 Å². The van der Waals surface area contributed by atoms with E-state index in [1.54, 1.807) is 0 Å². The number of benzene rings is 4. The molecule has 3 nitrogen and oxygen atoms in total. The molecule has 0 saturated carbocycles. The number of para-hydroxylation sites is 2. The van der Waals surface area contributed by atoms with Crippen molar-refractivity contribution in [1.82, 2.24) is 4.98 Å². The Labute approximate surface area is 182 Å². The van der Waals surface area contributed by atoms with Crippen molar-refractivity contribution in [3.63, 3.8) is 0 Å². The fraction of sp³-hybridized carbons (Fsp3) is 0.143. The second-order valence-corrected chi connectivity index (χ2v) is 8.67. The number of hydrogen-bond donors (Lipinski definition) is 3. The van der Waals surface area contributed by atoms with Gasteiger partial charge in [0.05, 0.1) is 5.52 Å². The first-order chi connectivity index (χ1) is 14.9. The summed E-state index contributed by atoms with van der Waals surface area (Å²) in [7, 11) is 0. The number of fused-ring (bicyclic) bond motifs is 3. The van der Waals surface area contributed by atoms with Crippen molar-refractivity contribution in [3.8, 4) is 0 Å². The molecule has 5 aromatic rings. The molecule has 0 unspecified atom stereocenters. The lowest BCUT2D eigenvalue weighted by molar-refractivity contribution is 0.687. The normalized spacial score (nSPS) is 12.0. The van der Waals surface area contributed by atoms with E-state index in [9.17, 15) is 0 Å². The molecule has 0 fully saturated rings. The molecule has 0 aliphatic heterocycles. The summed E-state index contributed by atoms with van der Waals surface area (Å²) in [6.45, 7) is 6.59. The van der Waals surface area contributed by atoms with Crippen LogP contribution in [0.1, 0.15) is 34.7 Å². The number of aromatic nitrogens is 1. The molecular formula is C28H27N3. The van der Waals surface area contributed by atoms with Gasteiger partial charge in [0.2, 0.25) is 0 Å². The predicted molar refractivity (Wildman–Crippen MR) is 133 cm³/mol. The number of anilines is 2. The molecule has 0 spiro atoms. The van der Waals surface area contributed by atoms with Crippen LogP contribution in [0.5, 0.6) is 0 Å². The van der Waals surface area contributed by atoms with Gasteiger partial charge in [0.25, 0.3) is 0 Å². The average Bonchev–Trinajstić information content (AvgIpc) is 3.12. The maximum Gasteiger partial charge on any atom is 0.0509 e. The SMILES string of the molecule is Cc1cc(N)ccc1C(C)(c1ccc(N)cc1C)c1cccc2c1[nH]c1ccccc12. The van der Waals surface area contributed by atoms with Gasteiger partial charge in [-0.15, -0.1) is 0 Å². The summed E-state index contributed by atoms with van der Waals surface area (Å²) in [5.74, 6) is 0. The van der Waals surface area contributed by atoms with Crippen LogP contribution >= 0.6 is 0 Å². The Morgan fingerprint density at radius 3 is 1.84 bits per heavy atom. The molecule has 3 heteroatoms. The summed E-state index contributed by atoms with van der Waals surface area (Å²) in [4.78, 5) is 3.70. The van der Waals surface area contributed by atoms with Crippen LogP contribution in [0.25, 0.3) is 21.8 Å². The maximum atomic E-state index is 6.12. The monoisotopic (exact) mass is 405 g/mol. The molecule has 154 valence electrons. The Morgan fingerprint density at radius 1 is 0.645 bits per heavy atom. The molecule has 0 bridgehead atoms. The zero-order valence-electron chi connectivity index (χ0n) is 18.2. The molecule has 0 radical (unpaired) electrons. The molecule has 31 heavy (non-hydrogen) atoms. The topological polar surface area (TPSA) is 67.8 Å². The Morgan fingerprint density at radius 2 is 1.23 bits per heavy atom. The highest BCUT2D eigenvalue weighted by Gasteiger charge is 2.35. The van der Waals surface area contributed by atoms with Crippen molar-refractivity contribution in [1.29, 1.82) is 0 Å². The van der Waals surface area contributed by atoms with E-state index in [1.165, 1.54) is 44.1 Å². The van der Waals surface area contributed by atoms with E-state index >= 15 is 0 Å². The third-order valence-electron chi connectivity index (χ3n) is 6.66. The summed E-state index contributed by atoms with van der Waals surface area (Å²) in [5, 5.41) is 2.48. The molecule has 0 aliphatic carbocycles. The van der Waals surface area contributed by atoms with Crippen LogP contribution in [0.3, 0.4) is 0 Å². The van der Waals surface area contributed by atoms with E-state index in [-0.39, 0.29) is 0 Å². The maximum absolute atomic E-state index is 6.12. The van der Waals surface area contributed by atoms with Crippen LogP contribution < -0.4 is 11.5 Å². The molecule has 0 amide bonds. The van der Waals surface area contributed by atoms with Gasteiger partial charge in [0.15, 0.2) is 0 Å². The highest BCUT2D eigenvalue weighted by molar-refractivity contribution is 6.08. The molecule has 1 aromatic heterocycles. The zero-order valence-corrected chi connectivity index (χ0v) is 18.2. The zero-order chi connectivity index (χ0) is 21.8. The number of nitrogen functional groups attached to an aromatic ring is 2. The van der Waals surface area contributed by atoms with Gasteiger partial charge in [-0.2, -0.15) is 0 Å². The van der Waals surface area contributed by atoms with Crippen LogP contribution in [0.4, 0.5) is 11.4 Å². The first kappa shape index (κ1) is 19.3. The minimum atomic E-state index is -0.393. The lowest BCUT2D eigenvalue weighted by Crippen LogP contribution is -2.28. The van der Waals surface area contributed by atoms with E-state index < -0.39 is 5.41 Å². The van der Waals surface area contributed by atoms with Crippen molar-refractivity contribution in [2.75, 3.05) is 11.5 Å². The number of aromatic amines is 1. The molecular weight excluding hydrogens is 378 g/mol. The smallest absolute Gasteiger partial charge is 0.0509 e. The molecule has 4 aromatic carbocycles. The largest absolute Gasteiger partial charge is 0.399 e. The number of hydrogen-bond acceptors (Lipinski definition) is 2. The summed E-state index contributed by atoms with van der Waals surface area (Å²) >= 11 is 0. The Balaban J connectivity index is 1.91. The molecule has 0 saturated heterocycles. The van der Waals surface area contributed by atoms with E-state index in [0.717, 1.165) is 16.9 Å². The Bertz CT molecular complexity index is 1390. The van der Waals surface area contributed by atoms with Crippen LogP contribution in [0, 0.1) is 13.8 Å². The fourth-order valence-electron chi connectivity index (χ4n) is 5.22.